The Labute approximate surface area is 161 Å². The second-order valence-corrected chi connectivity index (χ2v) is 6.43. The van der Waals surface area contributed by atoms with Crippen molar-refractivity contribution in [3.05, 3.63) is 0 Å². The molecule has 7 N–H and O–H groups in total. The van der Waals surface area contributed by atoms with Crippen LogP contribution in [0.25, 0.3) is 0 Å². The Morgan fingerprint density at radius 1 is 0.762 bits per heavy atom. The first-order valence-electron chi connectivity index (χ1n) is 2.98. The van der Waals surface area contributed by atoms with E-state index in [0.29, 0.717) is 0 Å². The van der Waals surface area contributed by atoms with Crippen LogP contribution in [0.4, 0.5) is 0 Å². The molecule has 120 valence electrons. The smallest absolute Gasteiger partial charge is 0.790 e. The van der Waals surface area contributed by atoms with Gasteiger partial charge in [-0.1, -0.05) is 0 Å². The SMILES string of the molecule is O=P(O)(O)OP(=O)(O)O.O=P([O-])([O-])O.O=S(=O)(O)O.[Na+].[Na+]. The van der Waals surface area contributed by atoms with E-state index in [2.05, 4.69) is 4.31 Å². The molecule has 21 heteroatoms. The Balaban J connectivity index is -0.0000000622. The monoisotopic (exact) mass is 418 g/mol. The summed E-state index contributed by atoms with van der Waals surface area (Å²) in [5.41, 5.74) is 0. The van der Waals surface area contributed by atoms with Gasteiger partial charge >= 0.3 is 85.2 Å². The number of phosphoric acid groups is 3. The van der Waals surface area contributed by atoms with Crippen molar-refractivity contribution >= 4 is 33.9 Å². The number of hydrogen-bond donors (Lipinski definition) is 7. The Morgan fingerprint density at radius 2 is 0.857 bits per heavy atom. The first kappa shape index (κ1) is 34.6. The van der Waals surface area contributed by atoms with E-state index in [1.807, 2.05) is 0 Å². The molecule has 0 aromatic heterocycles. The number of hydrogen-bond acceptors (Lipinski definition) is 8. The topological polar surface area (TPSA) is 282 Å². The molecule has 0 spiro atoms. The van der Waals surface area contributed by atoms with Gasteiger partial charge in [-0.05, 0) is 0 Å². The van der Waals surface area contributed by atoms with Gasteiger partial charge in [-0.25, -0.2) is 9.13 Å². The summed E-state index contributed by atoms with van der Waals surface area (Å²) in [7, 11) is -19.9. The van der Waals surface area contributed by atoms with Crippen LogP contribution < -0.4 is 68.9 Å². The minimum Gasteiger partial charge on any atom is -0.790 e. The van der Waals surface area contributed by atoms with Crippen molar-refractivity contribution in [2.75, 3.05) is 0 Å². The van der Waals surface area contributed by atoms with Gasteiger partial charge in [0.2, 0.25) is 0 Å². The summed E-state index contributed by atoms with van der Waals surface area (Å²) in [5, 5.41) is 0. The van der Waals surface area contributed by atoms with Crippen LogP contribution in [0.2, 0.25) is 0 Å². The van der Waals surface area contributed by atoms with E-state index < -0.39 is 33.9 Å². The molecule has 0 aliphatic carbocycles. The van der Waals surface area contributed by atoms with Crippen LogP contribution in [0.15, 0.2) is 0 Å². The largest absolute Gasteiger partial charge is 1.00 e. The molecule has 15 nitrogen and oxygen atoms in total. The zero-order valence-electron chi connectivity index (χ0n) is 10.1. The summed E-state index contributed by atoms with van der Waals surface area (Å²) in [6, 6.07) is 0. The van der Waals surface area contributed by atoms with Gasteiger partial charge in [0.25, 0.3) is 0 Å². The quantitative estimate of drug-likeness (QED) is 0.124. The van der Waals surface area contributed by atoms with E-state index in [1.165, 1.54) is 0 Å². The van der Waals surface area contributed by atoms with E-state index in [4.69, 9.17) is 56.3 Å². The predicted octanol–water partition coefficient (Wildman–Crippen LogP) is -9.65. The van der Waals surface area contributed by atoms with Gasteiger partial charge in [0.15, 0.2) is 0 Å². The summed E-state index contributed by atoms with van der Waals surface area (Å²) in [6.45, 7) is 0. The maximum absolute atomic E-state index is 9.63. The van der Waals surface area contributed by atoms with Gasteiger partial charge in [0.05, 0.1) is 7.82 Å². The van der Waals surface area contributed by atoms with Crippen LogP contribution in [0.3, 0.4) is 0 Å². The molecule has 0 heterocycles. The zero-order chi connectivity index (χ0) is 16.7. The summed E-state index contributed by atoms with van der Waals surface area (Å²) in [4.78, 5) is 55.3. The summed E-state index contributed by atoms with van der Waals surface area (Å²) in [5.74, 6) is 0. The molecule has 0 amide bonds. The fourth-order valence-corrected chi connectivity index (χ4v) is 1.25. The molecule has 0 bridgehead atoms. The fourth-order valence-electron chi connectivity index (χ4n) is 0.139. The van der Waals surface area contributed by atoms with Crippen LogP contribution in [0, 0.1) is 0 Å². The van der Waals surface area contributed by atoms with E-state index in [0.717, 1.165) is 0 Å². The molecule has 0 aliphatic heterocycles. The van der Waals surface area contributed by atoms with E-state index in [-0.39, 0.29) is 59.1 Å². The Morgan fingerprint density at radius 3 is 0.857 bits per heavy atom. The van der Waals surface area contributed by atoms with Crippen molar-refractivity contribution < 1.29 is 129 Å². The van der Waals surface area contributed by atoms with Gasteiger partial charge < -0.3 is 38.8 Å². The molecule has 0 radical (unpaired) electrons. The molecule has 0 saturated carbocycles. The first-order chi connectivity index (χ1) is 7.71. The van der Waals surface area contributed by atoms with Crippen molar-refractivity contribution in [3.63, 3.8) is 0 Å². The Bertz CT molecular complexity index is 437. The maximum Gasteiger partial charge on any atom is 1.00 e. The van der Waals surface area contributed by atoms with Crippen molar-refractivity contribution in [2.45, 2.75) is 0 Å². The Kier molecular flexibility index (Phi) is 22.2. The summed E-state index contributed by atoms with van der Waals surface area (Å²) in [6.07, 6.45) is 0. The van der Waals surface area contributed by atoms with Crippen LogP contribution in [-0.4, -0.2) is 42.0 Å². The third kappa shape index (κ3) is 134. The normalized spacial score (nSPS) is 11.5. The van der Waals surface area contributed by atoms with Gasteiger partial charge in [0.1, 0.15) is 0 Å². The van der Waals surface area contributed by atoms with E-state index in [9.17, 15) is 9.13 Å². The van der Waals surface area contributed by atoms with Crippen molar-refractivity contribution in [3.8, 4) is 0 Å². The first-order valence-corrected chi connectivity index (χ1v) is 8.93. The summed E-state index contributed by atoms with van der Waals surface area (Å²) >= 11 is 0. The maximum atomic E-state index is 9.63. The summed E-state index contributed by atoms with van der Waals surface area (Å²) < 4.78 is 62.5. The molecule has 0 rings (SSSR count). The molecule has 21 heavy (non-hydrogen) atoms. The average molecular weight is 418 g/mol. The standard InChI is InChI=1S/2Na.H4O7P2.H3O4P.H2O4S/c;;1-8(2,3)7-9(4,5)6;2*1-5(2,3)4/h;;(H2,1,2,3)(H2,4,5,6);(H3,1,2,3,4);(H2,1,2,3,4)/q2*+1;;;/p-2. The van der Waals surface area contributed by atoms with Crippen LogP contribution in [-0.2, 0) is 28.4 Å². The molecule has 0 fully saturated rings. The van der Waals surface area contributed by atoms with Gasteiger partial charge in [0, 0.05) is 0 Å². The molecule has 0 aromatic carbocycles. The molecule has 0 saturated heterocycles. The minimum absolute atomic E-state index is 0. The molecule has 0 atom stereocenters. The average Bonchev–Trinajstić information content (AvgIpc) is 1.63. The predicted molar refractivity (Wildman–Crippen MR) is 49.2 cm³/mol. The van der Waals surface area contributed by atoms with Crippen LogP contribution in [0.5, 0.6) is 0 Å². The van der Waals surface area contributed by atoms with Gasteiger partial charge in [-0.3, -0.25) is 9.11 Å². The van der Waals surface area contributed by atoms with Crippen molar-refractivity contribution in [1.82, 2.24) is 0 Å². The molecule has 0 aromatic rings. The van der Waals surface area contributed by atoms with Crippen molar-refractivity contribution in [1.29, 1.82) is 0 Å². The molecule has 0 aliphatic rings. The number of rotatable bonds is 2. The van der Waals surface area contributed by atoms with Gasteiger partial charge in [-0.15, -0.1) is 0 Å². The van der Waals surface area contributed by atoms with Gasteiger partial charge in [-0.2, -0.15) is 12.7 Å². The Hall–Kier alpha value is 2.24. The second kappa shape index (κ2) is 13.5. The zero-order valence-corrected chi connectivity index (χ0v) is 17.6. The fraction of sp³-hybridized carbons (Fsp3) is 0. The third-order valence-corrected chi connectivity index (χ3v) is 1.91. The molecule has 0 unspecified atom stereocenters. The van der Waals surface area contributed by atoms with E-state index >= 15 is 0 Å². The third-order valence-electron chi connectivity index (χ3n) is 0.213. The van der Waals surface area contributed by atoms with Crippen molar-refractivity contribution in [2.24, 2.45) is 0 Å². The molecular formula is H7Na2O15P3S. The molecular weight excluding hydrogens is 411 g/mol. The van der Waals surface area contributed by atoms with Crippen LogP contribution >= 0.6 is 23.5 Å². The van der Waals surface area contributed by atoms with Crippen LogP contribution in [0.1, 0.15) is 0 Å². The van der Waals surface area contributed by atoms with E-state index in [1.54, 1.807) is 0 Å². The minimum atomic E-state index is -5.14. The second-order valence-electron chi connectivity index (χ2n) is 1.98.